The van der Waals surface area contributed by atoms with Gasteiger partial charge in [0.05, 0.1) is 6.54 Å². The first-order chi connectivity index (χ1) is 9.86. The van der Waals surface area contributed by atoms with Gasteiger partial charge in [0.2, 0.25) is 0 Å². The number of benzene rings is 1. The van der Waals surface area contributed by atoms with Crippen LogP contribution in [0.1, 0.15) is 46.1 Å². The highest BCUT2D eigenvalue weighted by atomic mass is 19.1. The van der Waals surface area contributed by atoms with E-state index in [9.17, 15) is 4.39 Å². The van der Waals surface area contributed by atoms with Gasteiger partial charge in [0, 0.05) is 17.5 Å². The predicted molar refractivity (Wildman–Crippen MR) is 86.2 cm³/mol. The SMILES string of the molecule is CCNC(=NCC1(c2ccccc2F)CC1)NC(C)(C)C. The highest BCUT2D eigenvalue weighted by Crippen LogP contribution is 2.49. The molecule has 21 heavy (non-hydrogen) atoms. The first-order valence-corrected chi connectivity index (χ1v) is 7.68. The zero-order valence-electron chi connectivity index (χ0n) is 13.5. The van der Waals surface area contributed by atoms with E-state index in [0.29, 0.717) is 6.54 Å². The lowest BCUT2D eigenvalue weighted by Gasteiger charge is -2.24. The van der Waals surface area contributed by atoms with Crippen LogP contribution in [0.2, 0.25) is 0 Å². The molecule has 1 aliphatic rings. The van der Waals surface area contributed by atoms with Crippen LogP contribution in [0.5, 0.6) is 0 Å². The molecule has 0 unspecified atom stereocenters. The first-order valence-electron chi connectivity index (χ1n) is 7.68. The van der Waals surface area contributed by atoms with Gasteiger partial charge in [0.25, 0.3) is 0 Å². The van der Waals surface area contributed by atoms with E-state index in [0.717, 1.165) is 30.9 Å². The van der Waals surface area contributed by atoms with Gasteiger partial charge in [-0.05, 0) is 52.2 Å². The first kappa shape index (κ1) is 15.8. The fraction of sp³-hybridized carbons (Fsp3) is 0.588. The number of halogens is 1. The summed E-state index contributed by atoms with van der Waals surface area (Å²) < 4.78 is 14.0. The third-order valence-electron chi connectivity index (χ3n) is 3.68. The largest absolute Gasteiger partial charge is 0.357 e. The third-order valence-corrected chi connectivity index (χ3v) is 3.68. The van der Waals surface area contributed by atoms with Gasteiger partial charge in [0.15, 0.2) is 5.96 Å². The topological polar surface area (TPSA) is 36.4 Å². The minimum Gasteiger partial charge on any atom is -0.357 e. The van der Waals surface area contributed by atoms with Crippen LogP contribution < -0.4 is 10.6 Å². The third kappa shape index (κ3) is 4.19. The van der Waals surface area contributed by atoms with Crippen molar-refractivity contribution < 1.29 is 4.39 Å². The summed E-state index contributed by atoms with van der Waals surface area (Å²) in [6.07, 6.45) is 2.01. The number of aliphatic imine (C=N–C) groups is 1. The Bertz CT molecular complexity index is 513. The molecule has 1 saturated carbocycles. The Morgan fingerprint density at radius 3 is 2.48 bits per heavy atom. The Hall–Kier alpha value is -1.58. The van der Waals surface area contributed by atoms with Crippen molar-refractivity contribution in [2.75, 3.05) is 13.1 Å². The molecule has 2 N–H and O–H groups in total. The van der Waals surface area contributed by atoms with E-state index < -0.39 is 0 Å². The molecule has 1 aromatic carbocycles. The Balaban J connectivity index is 2.12. The van der Waals surface area contributed by atoms with Crippen LogP contribution in [-0.2, 0) is 5.41 Å². The molecule has 1 aliphatic carbocycles. The van der Waals surface area contributed by atoms with Crippen molar-refractivity contribution >= 4 is 5.96 Å². The van der Waals surface area contributed by atoms with E-state index in [1.165, 1.54) is 6.07 Å². The highest BCUT2D eigenvalue weighted by molar-refractivity contribution is 5.80. The van der Waals surface area contributed by atoms with Crippen LogP contribution in [0.25, 0.3) is 0 Å². The average molecular weight is 291 g/mol. The quantitative estimate of drug-likeness (QED) is 0.660. The summed E-state index contributed by atoms with van der Waals surface area (Å²) in [7, 11) is 0. The Labute approximate surface area is 127 Å². The Morgan fingerprint density at radius 1 is 1.29 bits per heavy atom. The van der Waals surface area contributed by atoms with Gasteiger partial charge >= 0.3 is 0 Å². The second-order valence-corrected chi connectivity index (χ2v) is 6.83. The molecule has 0 saturated heterocycles. The maximum atomic E-state index is 14.0. The summed E-state index contributed by atoms with van der Waals surface area (Å²) in [6.45, 7) is 9.79. The van der Waals surface area contributed by atoms with Crippen LogP contribution >= 0.6 is 0 Å². The van der Waals surface area contributed by atoms with Crippen LogP contribution in [0.4, 0.5) is 4.39 Å². The molecular formula is C17H26FN3. The number of rotatable bonds is 4. The van der Waals surface area contributed by atoms with Crippen LogP contribution in [0.15, 0.2) is 29.3 Å². The number of nitrogens with one attached hydrogen (secondary N) is 2. The fourth-order valence-corrected chi connectivity index (χ4v) is 2.45. The smallest absolute Gasteiger partial charge is 0.191 e. The minimum absolute atomic E-state index is 0.0459. The molecule has 0 spiro atoms. The summed E-state index contributed by atoms with van der Waals surface area (Å²) in [5.74, 6) is 0.687. The number of nitrogens with zero attached hydrogens (tertiary/aromatic N) is 1. The molecule has 1 fully saturated rings. The van der Waals surface area contributed by atoms with Crippen molar-refractivity contribution in [2.24, 2.45) is 4.99 Å². The van der Waals surface area contributed by atoms with Crippen molar-refractivity contribution in [3.05, 3.63) is 35.6 Å². The lowest BCUT2D eigenvalue weighted by atomic mass is 9.95. The number of guanidine groups is 1. The second kappa shape index (κ2) is 6.04. The molecule has 0 bridgehead atoms. The van der Waals surface area contributed by atoms with E-state index in [2.05, 4.69) is 36.4 Å². The predicted octanol–water partition coefficient (Wildman–Crippen LogP) is 3.21. The van der Waals surface area contributed by atoms with E-state index in [4.69, 9.17) is 0 Å². The summed E-state index contributed by atoms with van der Waals surface area (Å²) >= 11 is 0. The van der Waals surface area contributed by atoms with Crippen molar-refractivity contribution in [3.63, 3.8) is 0 Å². The van der Waals surface area contributed by atoms with Gasteiger partial charge < -0.3 is 10.6 Å². The standard InChI is InChI=1S/C17H26FN3/c1-5-19-15(21-16(2,3)4)20-12-17(10-11-17)13-8-6-7-9-14(13)18/h6-9H,5,10-12H2,1-4H3,(H2,19,20,21). The summed E-state index contributed by atoms with van der Waals surface area (Å²) in [6, 6.07) is 7.07. The molecule has 0 amide bonds. The summed E-state index contributed by atoms with van der Waals surface area (Å²) in [4.78, 5) is 4.68. The summed E-state index contributed by atoms with van der Waals surface area (Å²) in [5, 5.41) is 6.62. The van der Waals surface area contributed by atoms with Crippen LogP contribution in [-0.4, -0.2) is 24.6 Å². The van der Waals surface area contributed by atoms with Gasteiger partial charge in [-0.25, -0.2) is 4.39 Å². The molecule has 2 rings (SSSR count). The zero-order valence-corrected chi connectivity index (χ0v) is 13.5. The molecule has 3 nitrogen and oxygen atoms in total. The monoisotopic (exact) mass is 291 g/mol. The molecule has 0 radical (unpaired) electrons. The van der Waals surface area contributed by atoms with Gasteiger partial charge in [-0.2, -0.15) is 0 Å². The highest BCUT2D eigenvalue weighted by Gasteiger charge is 2.45. The van der Waals surface area contributed by atoms with E-state index in [1.54, 1.807) is 6.07 Å². The van der Waals surface area contributed by atoms with Gasteiger partial charge in [0.1, 0.15) is 5.82 Å². The molecular weight excluding hydrogens is 265 g/mol. The van der Waals surface area contributed by atoms with Gasteiger partial charge in [-0.1, -0.05) is 18.2 Å². The maximum absolute atomic E-state index is 14.0. The lowest BCUT2D eigenvalue weighted by Crippen LogP contribution is -2.47. The van der Waals surface area contributed by atoms with E-state index in [1.807, 2.05) is 19.1 Å². The van der Waals surface area contributed by atoms with Crippen LogP contribution in [0.3, 0.4) is 0 Å². The minimum atomic E-state index is -0.112. The van der Waals surface area contributed by atoms with Crippen molar-refractivity contribution in [1.29, 1.82) is 0 Å². The van der Waals surface area contributed by atoms with Crippen LogP contribution in [0, 0.1) is 5.82 Å². The van der Waals surface area contributed by atoms with Crippen molar-refractivity contribution in [1.82, 2.24) is 10.6 Å². The number of hydrogen-bond acceptors (Lipinski definition) is 1. The fourth-order valence-electron chi connectivity index (χ4n) is 2.45. The Kier molecular flexibility index (Phi) is 4.55. The molecule has 0 aliphatic heterocycles. The van der Waals surface area contributed by atoms with E-state index in [-0.39, 0.29) is 16.8 Å². The molecule has 0 heterocycles. The molecule has 4 heteroatoms. The maximum Gasteiger partial charge on any atom is 0.191 e. The number of hydrogen-bond donors (Lipinski definition) is 2. The second-order valence-electron chi connectivity index (χ2n) is 6.83. The van der Waals surface area contributed by atoms with Crippen molar-refractivity contribution in [3.8, 4) is 0 Å². The average Bonchev–Trinajstić information content (AvgIpc) is 3.16. The van der Waals surface area contributed by atoms with E-state index >= 15 is 0 Å². The molecule has 1 aromatic rings. The molecule has 0 aromatic heterocycles. The zero-order chi connectivity index (χ0) is 15.5. The summed E-state index contributed by atoms with van der Waals surface area (Å²) in [5.41, 5.74) is 0.654. The van der Waals surface area contributed by atoms with Gasteiger partial charge in [-0.3, -0.25) is 4.99 Å². The molecule has 116 valence electrons. The normalized spacial score (nSPS) is 17.5. The molecule has 0 atom stereocenters. The van der Waals surface area contributed by atoms with Crippen molar-refractivity contribution in [2.45, 2.75) is 51.5 Å². The Morgan fingerprint density at radius 2 is 1.95 bits per heavy atom. The van der Waals surface area contributed by atoms with Gasteiger partial charge in [-0.15, -0.1) is 0 Å². The lowest BCUT2D eigenvalue weighted by molar-refractivity contribution is 0.499.